The maximum absolute atomic E-state index is 13.4. The number of hydrogen-bond acceptors (Lipinski definition) is 2. The molecule has 1 amide bonds. The van der Waals surface area contributed by atoms with Crippen LogP contribution in [0.25, 0.3) is 0 Å². The van der Waals surface area contributed by atoms with Crippen molar-refractivity contribution in [3.8, 4) is 0 Å². The molecule has 0 spiro atoms. The monoisotopic (exact) mass is 282 g/mol. The normalized spacial score (nSPS) is 22.6. The van der Waals surface area contributed by atoms with Gasteiger partial charge in [-0.3, -0.25) is 4.79 Å². The fourth-order valence-electron chi connectivity index (χ4n) is 2.66. The topological polar surface area (TPSA) is 55.1 Å². The van der Waals surface area contributed by atoms with E-state index in [4.69, 9.17) is 5.73 Å². The second-order valence-corrected chi connectivity index (χ2v) is 5.42. The summed E-state index contributed by atoms with van der Waals surface area (Å²) in [6, 6.07) is 3.43. The summed E-state index contributed by atoms with van der Waals surface area (Å²) >= 11 is 0. The van der Waals surface area contributed by atoms with Crippen LogP contribution in [-0.4, -0.2) is 11.9 Å². The van der Waals surface area contributed by atoms with Crippen molar-refractivity contribution in [1.82, 2.24) is 5.32 Å². The molecular weight excluding hydrogens is 262 g/mol. The third kappa shape index (κ3) is 4.00. The van der Waals surface area contributed by atoms with Crippen LogP contribution >= 0.6 is 0 Å². The average molecular weight is 282 g/mol. The third-order valence-corrected chi connectivity index (χ3v) is 3.91. The molecule has 1 aromatic rings. The maximum atomic E-state index is 13.4. The Kier molecular flexibility index (Phi) is 5.06. The predicted octanol–water partition coefficient (Wildman–Crippen LogP) is 2.49. The molecule has 2 unspecified atom stereocenters. The molecule has 5 heteroatoms. The highest BCUT2D eigenvalue weighted by Crippen LogP contribution is 2.25. The Balaban J connectivity index is 1.82. The fourth-order valence-corrected chi connectivity index (χ4v) is 2.66. The fraction of sp³-hybridized carbons (Fsp3) is 0.533. The molecule has 2 atom stereocenters. The van der Waals surface area contributed by atoms with Gasteiger partial charge in [0.25, 0.3) is 0 Å². The van der Waals surface area contributed by atoms with Crippen LogP contribution in [0.3, 0.4) is 0 Å². The van der Waals surface area contributed by atoms with Crippen molar-refractivity contribution in [3.05, 3.63) is 35.4 Å². The van der Waals surface area contributed by atoms with Gasteiger partial charge in [-0.1, -0.05) is 18.9 Å². The van der Waals surface area contributed by atoms with E-state index in [2.05, 4.69) is 5.32 Å². The average Bonchev–Trinajstić information content (AvgIpc) is 2.40. The molecule has 20 heavy (non-hydrogen) atoms. The van der Waals surface area contributed by atoms with Gasteiger partial charge < -0.3 is 11.1 Å². The van der Waals surface area contributed by atoms with Gasteiger partial charge in [-0.25, -0.2) is 8.78 Å². The summed E-state index contributed by atoms with van der Waals surface area (Å²) in [4.78, 5) is 11.8. The molecule has 0 aliphatic heterocycles. The van der Waals surface area contributed by atoms with Crippen LogP contribution in [0, 0.1) is 17.6 Å². The van der Waals surface area contributed by atoms with E-state index < -0.39 is 11.6 Å². The van der Waals surface area contributed by atoms with Gasteiger partial charge in [0.2, 0.25) is 5.91 Å². The summed E-state index contributed by atoms with van der Waals surface area (Å²) in [6.45, 7) is 0.0763. The molecule has 1 saturated carbocycles. The van der Waals surface area contributed by atoms with Crippen LogP contribution in [0.15, 0.2) is 18.2 Å². The summed E-state index contributed by atoms with van der Waals surface area (Å²) in [5.74, 6) is -1.18. The molecular formula is C15H20F2N2O. The van der Waals surface area contributed by atoms with Crippen molar-refractivity contribution >= 4 is 5.91 Å². The Morgan fingerprint density at radius 1 is 1.30 bits per heavy atom. The smallest absolute Gasteiger partial charge is 0.220 e. The minimum Gasteiger partial charge on any atom is -0.352 e. The van der Waals surface area contributed by atoms with E-state index >= 15 is 0 Å². The van der Waals surface area contributed by atoms with Gasteiger partial charge >= 0.3 is 0 Å². The van der Waals surface area contributed by atoms with Gasteiger partial charge in [0, 0.05) is 30.6 Å². The van der Waals surface area contributed by atoms with Crippen LogP contribution in [-0.2, 0) is 11.3 Å². The number of halogens is 2. The highest BCUT2D eigenvalue weighted by Gasteiger charge is 2.24. The van der Waals surface area contributed by atoms with E-state index in [9.17, 15) is 13.6 Å². The molecule has 1 aromatic carbocycles. The number of nitrogens with one attached hydrogen (secondary N) is 1. The highest BCUT2D eigenvalue weighted by molar-refractivity contribution is 5.76. The molecule has 1 aliphatic rings. The Morgan fingerprint density at radius 3 is 2.75 bits per heavy atom. The molecule has 0 saturated heterocycles. The highest BCUT2D eigenvalue weighted by atomic mass is 19.1. The van der Waals surface area contributed by atoms with Crippen molar-refractivity contribution in [2.75, 3.05) is 0 Å². The van der Waals surface area contributed by atoms with Gasteiger partial charge in [0.15, 0.2) is 0 Å². The minimum atomic E-state index is -0.639. The van der Waals surface area contributed by atoms with Crippen LogP contribution in [0.4, 0.5) is 8.78 Å². The lowest BCUT2D eigenvalue weighted by atomic mass is 9.83. The third-order valence-electron chi connectivity index (χ3n) is 3.91. The van der Waals surface area contributed by atoms with E-state index in [1.807, 2.05) is 0 Å². The van der Waals surface area contributed by atoms with E-state index in [-0.39, 0.29) is 30.0 Å². The first-order valence-electron chi connectivity index (χ1n) is 7.02. The van der Waals surface area contributed by atoms with Gasteiger partial charge in [0.1, 0.15) is 11.6 Å². The summed E-state index contributed by atoms with van der Waals surface area (Å²) in [5.41, 5.74) is 6.28. The number of nitrogens with two attached hydrogens (primary N) is 1. The SMILES string of the molecule is NC1CCCCC1CC(=O)NCc1ccc(F)cc1F. The zero-order chi connectivity index (χ0) is 14.5. The second kappa shape index (κ2) is 6.79. The lowest BCUT2D eigenvalue weighted by Gasteiger charge is -2.27. The molecule has 0 bridgehead atoms. The van der Waals surface area contributed by atoms with Crippen LogP contribution in [0.1, 0.15) is 37.7 Å². The number of carbonyl (C=O) groups is 1. The Morgan fingerprint density at radius 2 is 2.05 bits per heavy atom. The van der Waals surface area contributed by atoms with E-state index in [1.165, 1.54) is 12.1 Å². The van der Waals surface area contributed by atoms with Crippen LogP contribution in [0.5, 0.6) is 0 Å². The van der Waals surface area contributed by atoms with Gasteiger partial charge in [-0.05, 0) is 24.8 Å². The van der Waals surface area contributed by atoms with Crippen molar-refractivity contribution in [2.24, 2.45) is 11.7 Å². The summed E-state index contributed by atoms with van der Waals surface area (Å²) < 4.78 is 26.2. The number of benzene rings is 1. The molecule has 2 rings (SSSR count). The Bertz CT molecular complexity index is 479. The Hall–Kier alpha value is -1.49. The molecule has 3 nitrogen and oxygen atoms in total. The molecule has 110 valence electrons. The number of hydrogen-bond donors (Lipinski definition) is 2. The quantitative estimate of drug-likeness (QED) is 0.891. The summed E-state index contributed by atoms with van der Waals surface area (Å²) in [7, 11) is 0. The zero-order valence-corrected chi connectivity index (χ0v) is 11.4. The number of amides is 1. The molecule has 1 fully saturated rings. The largest absolute Gasteiger partial charge is 0.352 e. The van der Waals surface area contributed by atoms with E-state index in [0.29, 0.717) is 6.42 Å². The van der Waals surface area contributed by atoms with Gasteiger partial charge in [-0.2, -0.15) is 0 Å². The van der Waals surface area contributed by atoms with Crippen molar-refractivity contribution < 1.29 is 13.6 Å². The Labute approximate surface area is 117 Å². The van der Waals surface area contributed by atoms with Gasteiger partial charge in [0.05, 0.1) is 0 Å². The molecule has 1 aliphatic carbocycles. The van der Waals surface area contributed by atoms with Crippen molar-refractivity contribution in [3.63, 3.8) is 0 Å². The second-order valence-electron chi connectivity index (χ2n) is 5.42. The van der Waals surface area contributed by atoms with E-state index in [0.717, 1.165) is 31.7 Å². The standard InChI is InChI=1S/C15H20F2N2O/c16-12-6-5-11(13(17)8-12)9-19-15(20)7-10-3-1-2-4-14(10)18/h5-6,8,10,14H,1-4,7,9,18H2,(H,19,20). The predicted molar refractivity (Wildman–Crippen MR) is 72.8 cm³/mol. The van der Waals surface area contributed by atoms with Gasteiger partial charge in [-0.15, -0.1) is 0 Å². The van der Waals surface area contributed by atoms with Crippen molar-refractivity contribution in [2.45, 2.75) is 44.7 Å². The molecule has 0 heterocycles. The minimum absolute atomic E-state index is 0.0763. The molecule has 0 aromatic heterocycles. The molecule has 3 N–H and O–H groups in total. The van der Waals surface area contributed by atoms with Crippen LogP contribution in [0.2, 0.25) is 0 Å². The van der Waals surface area contributed by atoms with E-state index in [1.54, 1.807) is 0 Å². The molecule has 0 radical (unpaired) electrons. The lowest BCUT2D eigenvalue weighted by Crippen LogP contribution is -2.37. The summed E-state index contributed by atoms with van der Waals surface area (Å²) in [5, 5.41) is 2.67. The van der Waals surface area contributed by atoms with Crippen LogP contribution < -0.4 is 11.1 Å². The van der Waals surface area contributed by atoms with Crippen molar-refractivity contribution in [1.29, 1.82) is 0 Å². The first-order chi connectivity index (χ1) is 9.56. The first kappa shape index (κ1) is 14.9. The first-order valence-corrected chi connectivity index (χ1v) is 7.02. The maximum Gasteiger partial charge on any atom is 0.220 e. The number of rotatable bonds is 4. The zero-order valence-electron chi connectivity index (χ0n) is 11.4. The summed E-state index contributed by atoms with van der Waals surface area (Å²) in [6.07, 6.45) is 4.55. The lowest BCUT2D eigenvalue weighted by molar-refractivity contribution is -0.122. The number of carbonyl (C=O) groups excluding carboxylic acids is 1.